The van der Waals surface area contributed by atoms with Gasteiger partial charge in [-0.2, -0.15) is 10.5 Å². The van der Waals surface area contributed by atoms with Gasteiger partial charge in [0.1, 0.15) is 23.5 Å². The number of benzene rings is 3. The molecule has 10 nitrogen and oxygen atoms in total. The summed E-state index contributed by atoms with van der Waals surface area (Å²) in [5, 5.41) is 32.7. The molecule has 0 aliphatic heterocycles. The number of hydrogen-bond donors (Lipinski definition) is 3. The highest BCUT2D eigenvalue weighted by Crippen LogP contribution is 2.43. The Labute approximate surface area is 306 Å². The maximum atomic E-state index is 13.6. The number of anilines is 2. The molecular formula is C37H47Cl2N5O5Si. The SMILES string of the molecule is CCO[Si](CCCNc1c(C#N)c(Cl)c(Cl)c(NC2CCCCC2NC(=O)C(C)c2ccc3cc(OC)ccc3c2)c1C#N)(OCC)OCC. The van der Waals surface area contributed by atoms with Crippen molar-refractivity contribution in [3.63, 3.8) is 0 Å². The number of nitrogens with one attached hydrogen (secondary N) is 3. The van der Waals surface area contributed by atoms with Crippen LogP contribution >= 0.6 is 23.2 Å². The van der Waals surface area contributed by atoms with Crippen LogP contribution in [0.5, 0.6) is 5.75 Å². The van der Waals surface area contributed by atoms with Gasteiger partial charge in [0.2, 0.25) is 5.91 Å². The molecule has 0 spiro atoms. The van der Waals surface area contributed by atoms with E-state index in [-0.39, 0.29) is 39.2 Å². The normalized spacial score (nSPS) is 16.7. The lowest BCUT2D eigenvalue weighted by atomic mass is 9.88. The first-order valence-electron chi connectivity index (χ1n) is 17.3. The van der Waals surface area contributed by atoms with Crippen molar-refractivity contribution in [2.45, 2.75) is 83.8 Å². The minimum atomic E-state index is -2.87. The van der Waals surface area contributed by atoms with Crippen LogP contribution in [0.3, 0.4) is 0 Å². The summed E-state index contributed by atoms with van der Waals surface area (Å²) in [6, 6.07) is 16.4. The van der Waals surface area contributed by atoms with Crippen LogP contribution in [-0.2, 0) is 18.1 Å². The van der Waals surface area contributed by atoms with Crippen LogP contribution in [0.1, 0.15) is 82.4 Å². The van der Waals surface area contributed by atoms with Crippen molar-refractivity contribution < 1.29 is 22.8 Å². The third-order valence-electron chi connectivity index (χ3n) is 9.05. The highest BCUT2D eigenvalue weighted by molar-refractivity contribution is 6.60. The lowest BCUT2D eigenvalue weighted by Gasteiger charge is -2.35. The molecule has 1 fully saturated rings. The number of carbonyl (C=O) groups excluding carboxylic acids is 1. The molecule has 1 saturated carbocycles. The van der Waals surface area contributed by atoms with Gasteiger partial charge in [0.15, 0.2) is 0 Å². The molecule has 3 aromatic carbocycles. The number of rotatable bonds is 17. The molecule has 13 heteroatoms. The van der Waals surface area contributed by atoms with E-state index in [0.717, 1.165) is 47.8 Å². The van der Waals surface area contributed by atoms with E-state index in [1.807, 2.05) is 64.1 Å². The van der Waals surface area contributed by atoms with Crippen LogP contribution in [0, 0.1) is 22.7 Å². The number of hydrogen-bond acceptors (Lipinski definition) is 9. The fourth-order valence-corrected chi connectivity index (χ4v) is 9.58. The van der Waals surface area contributed by atoms with Crippen LogP contribution in [0.4, 0.5) is 11.4 Å². The molecule has 4 rings (SSSR count). The van der Waals surface area contributed by atoms with E-state index >= 15 is 0 Å². The topological polar surface area (TPSA) is 138 Å². The van der Waals surface area contributed by atoms with Crippen LogP contribution in [0.25, 0.3) is 10.8 Å². The van der Waals surface area contributed by atoms with Crippen LogP contribution in [0.2, 0.25) is 16.1 Å². The molecule has 3 aromatic rings. The van der Waals surface area contributed by atoms with Gasteiger partial charge in [-0.25, -0.2) is 0 Å². The van der Waals surface area contributed by atoms with E-state index in [1.54, 1.807) is 7.11 Å². The molecular weight excluding hydrogens is 693 g/mol. The minimum absolute atomic E-state index is 0.0544. The first-order chi connectivity index (χ1) is 24.1. The smallest absolute Gasteiger partial charge is 0.497 e. The number of carbonyl (C=O) groups is 1. The summed E-state index contributed by atoms with van der Waals surface area (Å²) in [7, 11) is -1.23. The second-order valence-electron chi connectivity index (χ2n) is 12.2. The summed E-state index contributed by atoms with van der Waals surface area (Å²) >= 11 is 13.4. The number of fused-ring (bicyclic) bond motifs is 1. The second kappa shape index (κ2) is 18.6. The summed E-state index contributed by atoms with van der Waals surface area (Å²) in [4.78, 5) is 13.6. The molecule has 3 N–H and O–H groups in total. The molecule has 0 radical (unpaired) electrons. The standard InChI is InChI=1S/C37H47Cl2N5O5Si/c1-6-47-50(48-7-2,49-8-3)19-11-18-42-35-29(22-40)33(38)34(39)36(30(35)23-41)43-31-12-9-10-13-32(31)44-37(45)24(4)25-14-15-27-21-28(46-5)17-16-26(27)20-25/h14-17,20-21,24,31-32,42-43H,6-13,18-19H2,1-5H3,(H,44,45). The first kappa shape index (κ1) is 39.2. The number of nitrogens with zero attached hydrogens (tertiary/aromatic N) is 2. The van der Waals surface area contributed by atoms with Gasteiger partial charge >= 0.3 is 8.80 Å². The van der Waals surface area contributed by atoms with Crippen molar-refractivity contribution >= 4 is 60.1 Å². The Kier molecular flexibility index (Phi) is 14.6. The first-order valence-corrected chi connectivity index (χ1v) is 20.0. The van der Waals surface area contributed by atoms with Gasteiger partial charge in [-0.05, 0) is 75.4 Å². The summed E-state index contributed by atoms with van der Waals surface area (Å²) in [5.74, 6) is 0.301. The molecule has 0 heterocycles. The Morgan fingerprint density at radius 3 is 2.14 bits per heavy atom. The van der Waals surface area contributed by atoms with Crippen LogP contribution in [-0.4, -0.2) is 60.3 Å². The van der Waals surface area contributed by atoms with Crippen molar-refractivity contribution in [3.8, 4) is 17.9 Å². The van der Waals surface area contributed by atoms with Crippen molar-refractivity contribution in [2.24, 2.45) is 0 Å². The van der Waals surface area contributed by atoms with Crippen molar-refractivity contribution in [2.75, 3.05) is 44.1 Å². The molecule has 3 atom stereocenters. The number of ether oxygens (including phenoxy) is 1. The van der Waals surface area contributed by atoms with Crippen molar-refractivity contribution in [1.29, 1.82) is 10.5 Å². The lowest BCUT2D eigenvalue weighted by Crippen LogP contribution is -2.49. The van der Waals surface area contributed by atoms with E-state index in [1.165, 1.54) is 0 Å². The Hall–Kier alpha value is -3.55. The highest BCUT2D eigenvalue weighted by atomic mass is 35.5. The molecule has 268 valence electrons. The van der Waals surface area contributed by atoms with Crippen molar-refractivity contribution in [1.82, 2.24) is 5.32 Å². The number of halogens is 2. The van der Waals surface area contributed by atoms with E-state index in [9.17, 15) is 15.3 Å². The maximum absolute atomic E-state index is 13.6. The van der Waals surface area contributed by atoms with Gasteiger partial charge in [-0.1, -0.05) is 60.3 Å². The Bertz CT molecular complexity index is 1710. The van der Waals surface area contributed by atoms with Gasteiger partial charge in [0, 0.05) is 44.5 Å². The largest absolute Gasteiger partial charge is 0.500 e. The average molecular weight is 741 g/mol. The summed E-state index contributed by atoms with van der Waals surface area (Å²) in [5.41, 5.74) is 1.84. The predicted molar refractivity (Wildman–Crippen MR) is 201 cm³/mol. The molecule has 50 heavy (non-hydrogen) atoms. The van der Waals surface area contributed by atoms with Gasteiger partial charge < -0.3 is 34.0 Å². The maximum Gasteiger partial charge on any atom is 0.500 e. The highest BCUT2D eigenvalue weighted by Gasteiger charge is 2.39. The van der Waals surface area contributed by atoms with Crippen LogP contribution < -0.4 is 20.7 Å². The lowest BCUT2D eigenvalue weighted by molar-refractivity contribution is -0.123. The number of amides is 1. The Morgan fingerprint density at radius 2 is 1.52 bits per heavy atom. The third-order valence-corrected chi connectivity index (χ3v) is 13.1. The van der Waals surface area contributed by atoms with E-state index in [4.69, 9.17) is 41.2 Å². The van der Waals surface area contributed by atoms with E-state index < -0.39 is 14.7 Å². The molecule has 1 aliphatic carbocycles. The zero-order chi connectivity index (χ0) is 36.3. The molecule has 0 aromatic heterocycles. The second-order valence-corrected chi connectivity index (χ2v) is 15.7. The molecule has 0 bridgehead atoms. The fourth-order valence-electron chi connectivity index (χ4n) is 6.50. The molecule has 1 aliphatic rings. The van der Waals surface area contributed by atoms with Gasteiger partial charge in [0.05, 0.1) is 40.0 Å². The van der Waals surface area contributed by atoms with Crippen LogP contribution in [0.15, 0.2) is 36.4 Å². The third kappa shape index (κ3) is 9.21. The number of methoxy groups -OCH3 is 1. The van der Waals surface area contributed by atoms with Crippen molar-refractivity contribution in [3.05, 3.63) is 63.1 Å². The summed E-state index contributed by atoms with van der Waals surface area (Å²) in [6.45, 7) is 9.45. The van der Waals surface area contributed by atoms with E-state index in [0.29, 0.717) is 50.2 Å². The van der Waals surface area contributed by atoms with Gasteiger partial charge in [-0.3, -0.25) is 4.79 Å². The zero-order valence-electron chi connectivity index (χ0n) is 29.5. The summed E-state index contributed by atoms with van der Waals surface area (Å²) < 4.78 is 23.3. The molecule has 1 amide bonds. The Balaban J connectivity index is 1.53. The van der Waals surface area contributed by atoms with E-state index in [2.05, 4.69) is 28.1 Å². The molecule has 3 unspecified atom stereocenters. The van der Waals surface area contributed by atoms with Gasteiger partial charge in [0.25, 0.3) is 0 Å². The fraction of sp³-hybridized carbons (Fsp3) is 0.486. The minimum Gasteiger partial charge on any atom is -0.497 e. The number of nitriles is 2. The Morgan fingerprint density at radius 1 is 0.900 bits per heavy atom. The quantitative estimate of drug-likeness (QED) is 0.0921. The summed E-state index contributed by atoms with van der Waals surface area (Å²) in [6.07, 6.45) is 4.00. The predicted octanol–water partition coefficient (Wildman–Crippen LogP) is 8.39. The van der Waals surface area contributed by atoms with Gasteiger partial charge in [-0.15, -0.1) is 0 Å². The monoisotopic (exact) mass is 739 g/mol. The molecule has 0 saturated heterocycles. The average Bonchev–Trinajstić information content (AvgIpc) is 3.12. The zero-order valence-corrected chi connectivity index (χ0v) is 32.0.